The van der Waals surface area contributed by atoms with Gasteiger partial charge in [-0.25, -0.2) is 4.39 Å². The second kappa shape index (κ2) is 5.21. The topological polar surface area (TPSA) is 0 Å². The molecule has 0 atom stereocenters. The van der Waals surface area contributed by atoms with Crippen molar-refractivity contribution in [3.8, 4) is 11.1 Å². The fourth-order valence-corrected chi connectivity index (χ4v) is 2.12. The van der Waals surface area contributed by atoms with E-state index in [-0.39, 0.29) is 11.4 Å². The van der Waals surface area contributed by atoms with E-state index in [2.05, 4.69) is 0 Å². The van der Waals surface area contributed by atoms with E-state index in [1.807, 2.05) is 0 Å². The first-order chi connectivity index (χ1) is 8.93. The monoisotopic (exact) mass is 288 g/mol. The van der Waals surface area contributed by atoms with Crippen LogP contribution in [0.15, 0.2) is 42.5 Å². The van der Waals surface area contributed by atoms with Crippen molar-refractivity contribution < 1.29 is 17.6 Å². The van der Waals surface area contributed by atoms with Gasteiger partial charge in [-0.2, -0.15) is 13.2 Å². The molecule has 2 aromatic carbocycles. The average Bonchev–Trinajstić information content (AvgIpc) is 2.37. The summed E-state index contributed by atoms with van der Waals surface area (Å²) in [6, 6.07) is 8.76. The summed E-state index contributed by atoms with van der Waals surface area (Å²) in [5, 5.41) is 0. The minimum atomic E-state index is -4.46. The van der Waals surface area contributed by atoms with E-state index in [1.54, 1.807) is 0 Å². The molecular formula is C14H9ClF4. The second-order valence-corrected chi connectivity index (χ2v) is 4.25. The van der Waals surface area contributed by atoms with Crippen molar-refractivity contribution in [1.29, 1.82) is 0 Å². The van der Waals surface area contributed by atoms with Crippen LogP contribution in [-0.4, -0.2) is 0 Å². The van der Waals surface area contributed by atoms with Crippen LogP contribution in [0.4, 0.5) is 17.6 Å². The molecule has 100 valence electrons. The molecular weight excluding hydrogens is 280 g/mol. The summed E-state index contributed by atoms with van der Waals surface area (Å²) >= 11 is 5.67. The van der Waals surface area contributed by atoms with Gasteiger partial charge in [0.2, 0.25) is 0 Å². The highest BCUT2D eigenvalue weighted by atomic mass is 35.5. The third kappa shape index (κ3) is 2.89. The summed E-state index contributed by atoms with van der Waals surface area (Å²) in [6.07, 6.45) is -4.46. The molecule has 0 N–H and O–H groups in total. The molecule has 0 saturated carbocycles. The maximum atomic E-state index is 13.1. The van der Waals surface area contributed by atoms with Crippen LogP contribution >= 0.6 is 11.6 Å². The van der Waals surface area contributed by atoms with Crippen LogP contribution < -0.4 is 0 Å². The normalized spacial score (nSPS) is 11.6. The summed E-state index contributed by atoms with van der Waals surface area (Å²) in [7, 11) is 0. The van der Waals surface area contributed by atoms with Crippen molar-refractivity contribution in [1.82, 2.24) is 0 Å². The molecule has 0 heterocycles. The van der Waals surface area contributed by atoms with Crippen LogP contribution in [-0.2, 0) is 12.1 Å². The van der Waals surface area contributed by atoms with Crippen molar-refractivity contribution in [2.75, 3.05) is 0 Å². The molecule has 0 aliphatic rings. The number of halogens is 5. The Kier molecular flexibility index (Phi) is 3.80. The van der Waals surface area contributed by atoms with Crippen molar-refractivity contribution in [2.45, 2.75) is 12.1 Å². The van der Waals surface area contributed by atoms with Crippen molar-refractivity contribution in [3.05, 3.63) is 59.4 Å². The van der Waals surface area contributed by atoms with Gasteiger partial charge in [-0.15, -0.1) is 11.6 Å². The molecule has 0 aliphatic heterocycles. The Balaban J connectivity index is 2.66. The Morgan fingerprint density at radius 1 is 0.947 bits per heavy atom. The lowest BCUT2D eigenvalue weighted by Crippen LogP contribution is -2.07. The molecule has 0 spiro atoms. The van der Waals surface area contributed by atoms with Gasteiger partial charge in [0.1, 0.15) is 5.82 Å². The van der Waals surface area contributed by atoms with E-state index >= 15 is 0 Å². The number of alkyl halides is 4. The van der Waals surface area contributed by atoms with Gasteiger partial charge in [-0.3, -0.25) is 0 Å². The number of benzene rings is 2. The molecule has 0 nitrogen and oxygen atoms in total. The minimum Gasteiger partial charge on any atom is -0.207 e. The molecule has 0 radical (unpaired) electrons. The van der Waals surface area contributed by atoms with Gasteiger partial charge in [0, 0.05) is 5.88 Å². The molecule has 0 aromatic heterocycles. The van der Waals surface area contributed by atoms with Gasteiger partial charge >= 0.3 is 6.18 Å². The van der Waals surface area contributed by atoms with Crippen LogP contribution in [0.1, 0.15) is 11.1 Å². The lowest BCUT2D eigenvalue weighted by molar-refractivity contribution is -0.137. The van der Waals surface area contributed by atoms with E-state index < -0.39 is 17.6 Å². The second-order valence-electron chi connectivity index (χ2n) is 3.98. The molecule has 0 saturated heterocycles. The summed E-state index contributed by atoms with van der Waals surface area (Å²) in [5.74, 6) is -0.580. The molecule has 0 bridgehead atoms. The van der Waals surface area contributed by atoms with Gasteiger partial charge in [0.25, 0.3) is 0 Å². The molecule has 2 aromatic rings. The lowest BCUT2D eigenvalue weighted by Gasteiger charge is -2.15. The Bertz CT molecular complexity index is 590. The molecule has 5 heteroatoms. The van der Waals surface area contributed by atoms with E-state index in [4.69, 9.17) is 11.6 Å². The number of hydrogen-bond donors (Lipinski definition) is 0. The average molecular weight is 289 g/mol. The van der Waals surface area contributed by atoms with Crippen molar-refractivity contribution >= 4 is 11.6 Å². The minimum absolute atomic E-state index is 0.00523. The van der Waals surface area contributed by atoms with Crippen LogP contribution in [0, 0.1) is 5.82 Å². The summed E-state index contributed by atoms with van der Waals surface area (Å²) in [6.45, 7) is 0. The Morgan fingerprint density at radius 2 is 1.63 bits per heavy atom. The molecule has 0 fully saturated rings. The molecule has 0 unspecified atom stereocenters. The summed E-state index contributed by atoms with van der Waals surface area (Å²) in [4.78, 5) is 0. The molecule has 0 aliphatic carbocycles. The predicted molar refractivity (Wildman–Crippen MR) is 66.4 cm³/mol. The number of hydrogen-bond acceptors (Lipinski definition) is 0. The maximum absolute atomic E-state index is 13.1. The first kappa shape index (κ1) is 13.9. The van der Waals surface area contributed by atoms with Gasteiger partial charge in [0.15, 0.2) is 0 Å². The third-order valence-corrected chi connectivity index (χ3v) is 3.02. The van der Waals surface area contributed by atoms with E-state index in [0.29, 0.717) is 11.1 Å². The Labute approximate surface area is 112 Å². The molecule has 19 heavy (non-hydrogen) atoms. The zero-order valence-corrected chi connectivity index (χ0v) is 10.4. The van der Waals surface area contributed by atoms with Crippen LogP contribution in [0.3, 0.4) is 0 Å². The van der Waals surface area contributed by atoms with Gasteiger partial charge in [-0.05, 0) is 34.9 Å². The zero-order chi connectivity index (χ0) is 14.0. The SMILES string of the molecule is Fc1ccc(-c2ccccc2C(F)(F)F)c(CCl)c1. The Morgan fingerprint density at radius 3 is 2.26 bits per heavy atom. The zero-order valence-electron chi connectivity index (χ0n) is 9.64. The largest absolute Gasteiger partial charge is 0.417 e. The van der Waals surface area contributed by atoms with Gasteiger partial charge < -0.3 is 0 Å². The Hall–Kier alpha value is -1.55. The third-order valence-electron chi connectivity index (χ3n) is 2.73. The lowest BCUT2D eigenvalue weighted by atomic mass is 9.95. The van der Waals surface area contributed by atoms with Crippen LogP contribution in [0.5, 0.6) is 0 Å². The molecule has 0 amide bonds. The number of rotatable bonds is 2. The van der Waals surface area contributed by atoms with E-state index in [9.17, 15) is 17.6 Å². The fourth-order valence-electron chi connectivity index (χ4n) is 1.90. The standard InChI is InChI=1S/C14H9ClF4/c15-8-9-7-10(16)5-6-11(9)12-3-1-2-4-13(12)14(17,18)19/h1-7H,8H2. The van der Waals surface area contributed by atoms with Gasteiger partial charge in [0.05, 0.1) is 5.56 Å². The first-order valence-corrected chi connectivity index (χ1v) is 5.98. The van der Waals surface area contributed by atoms with Crippen LogP contribution in [0.2, 0.25) is 0 Å². The quantitative estimate of drug-likeness (QED) is 0.523. The smallest absolute Gasteiger partial charge is 0.207 e. The van der Waals surface area contributed by atoms with E-state index in [1.165, 1.54) is 24.3 Å². The first-order valence-electron chi connectivity index (χ1n) is 5.44. The van der Waals surface area contributed by atoms with Crippen LogP contribution in [0.25, 0.3) is 11.1 Å². The highest BCUT2D eigenvalue weighted by Gasteiger charge is 2.33. The summed E-state index contributed by atoms with van der Waals surface area (Å²) < 4.78 is 51.9. The highest BCUT2D eigenvalue weighted by molar-refractivity contribution is 6.17. The van der Waals surface area contributed by atoms with E-state index in [0.717, 1.165) is 18.2 Å². The van der Waals surface area contributed by atoms with Crippen molar-refractivity contribution in [3.63, 3.8) is 0 Å². The van der Waals surface area contributed by atoms with Crippen molar-refractivity contribution in [2.24, 2.45) is 0 Å². The fraction of sp³-hybridized carbons (Fsp3) is 0.143. The molecule has 2 rings (SSSR count). The highest BCUT2D eigenvalue weighted by Crippen LogP contribution is 2.38. The van der Waals surface area contributed by atoms with Gasteiger partial charge in [-0.1, -0.05) is 24.3 Å². The predicted octanol–water partition coefficient (Wildman–Crippen LogP) is 5.25. The maximum Gasteiger partial charge on any atom is 0.417 e. The summed E-state index contributed by atoms with van der Waals surface area (Å²) in [5.41, 5.74) is -0.124.